The highest BCUT2D eigenvalue weighted by Gasteiger charge is 2.53. The van der Waals surface area contributed by atoms with Crippen molar-refractivity contribution in [1.82, 2.24) is 10.6 Å². The van der Waals surface area contributed by atoms with E-state index in [9.17, 15) is 9.59 Å². The Balaban J connectivity index is 1.81. The zero-order valence-electron chi connectivity index (χ0n) is 15.1. The molecule has 2 rings (SSSR count). The molecule has 0 aliphatic heterocycles. The lowest BCUT2D eigenvalue weighted by molar-refractivity contribution is -0.142. The van der Waals surface area contributed by atoms with Gasteiger partial charge in [0.2, 0.25) is 0 Å². The van der Waals surface area contributed by atoms with Gasteiger partial charge in [-0.2, -0.15) is 0 Å². The molecule has 0 aromatic heterocycles. The Bertz CT molecular complexity index is 442. The number of ether oxygens (including phenoxy) is 1. The Hall–Kier alpha value is -1.30. The van der Waals surface area contributed by atoms with Crippen LogP contribution < -0.4 is 10.6 Å². The fourth-order valence-corrected chi connectivity index (χ4v) is 4.45. The van der Waals surface area contributed by atoms with Crippen molar-refractivity contribution in [2.75, 3.05) is 6.61 Å². The molecule has 0 spiro atoms. The van der Waals surface area contributed by atoms with Crippen molar-refractivity contribution in [1.29, 1.82) is 0 Å². The molecule has 2 unspecified atom stereocenters. The van der Waals surface area contributed by atoms with Gasteiger partial charge in [-0.25, -0.2) is 4.79 Å². The first kappa shape index (κ1) is 19.0. The smallest absolute Gasteiger partial charge is 0.315 e. The van der Waals surface area contributed by atoms with E-state index in [-0.39, 0.29) is 35.6 Å². The lowest BCUT2D eigenvalue weighted by atomic mass is 9.58. The lowest BCUT2D eigenvalue weighted by Crippen LogP contribution is -2.65. The summed E-state index contributed by atoms with van der Waals surface area (Å²) in [6, 6.07) is 0.112. The second kappa shape index (κ2) is 8.19. The maximum absolute atomic E-state index is 12.3. The molecular formula is C18H32N2O4. The van der Waals surface area contributed by atoms with Crippen LogP contribution in [0.4, 0.5) is 4.79 Å². The van der Waals surface area contributed by atoms with Crippen molar-refractivity contribution >= 4 is 12.0 Å². The first-order valence-corrected chi connectivity index (χ1v) is 9.38. The van der Waals surface area contributed by atoms with Crippen LogP contribution >= 0.6 is 0 Å². The molecule has 0 radical (unpaired) electrons. The SMILES string of the molecule is CCOC1CC(NC(=O)NC2CCC(C(=O)O)CC2)C1(CC)CC. The fraction of sp³-hybridized carbons (Fsp3) is 0.889. The van der Waals surface area contributed by atoms with Gasteiger partial charge in [-0.15, -0.1) is 0 Å². The third kappa shape index (κ3) is 3.85. The average molecular weight is 340 g/mol. The number of rotatable bonds is 7. The monoisotopic (exact) mass is 340 g/mol. The van der Waals surface area contributed by atoms with E-state index in [0.717, 1.165) is 32.1 Å². The first-order chi connectivity index (χ1) is 11.5. The van der Waals surface area contributed by atoms with E-state index in [0.29, 0.717) is 19.4 Å². The van der Waals surface area contributed by atoms with Gasteiger partial charge in [-0.05, 0) is 51.9 Å². The Morgan fingerprint density at radius 2 is 1.71 bits per heavy atom. The minimum absolute atomic E-state index is 0.0360. The van der Waals surface area contributed by atoms with Crippen LogP contribution in [-0.4, -0.2) is 41.9 Å². The number of carbonyl (C=O) groups excluding carboxylic acids is 1. The minimum atomic E-state index is -0.718. The highest BCUT2D eigenvalue weighted by Crippen LogP contribution is 2.48. The molecule has 2 saturated carbocycles. The van der Waals surface area contributed by atoms with Crippen LogP contribution in [-0.2, 0) is 9.53 Å². The molecule has 2 fully saturated rings. The maximum Gasteiger partial charge on any atom is 0.315 e. The number of urea groups is 1. The Morgan fingerprint density at radius 3 is 2.21 bits per heavy atom. The number of hydrogen-bond acceptors (Lipinski definition) is 3. The van der Waals surface area contributed by atoms with Crippen molar-refractivity contribution in [3.8, 4) is 0 Å². The number of carboxylic acid groups (broad SMARTS) is 1. The van der Waals surface area contributed by atoms with Crippen LogP contribution in [0.2, 0.25) is 0 Å². The summed E-state index contributed by atoms with van der Waals surface area (Å²) in [5, 5.41) is 15.2. The summed E-state index contributed by atoms with van der Waals surface area (Å²) in [7, 11) is 0. The zero-order chi connectivity index (χ0) is 17.7. The van der Waals surface area contributed by atoms with E-state index in [1.807, 2.05) is 6.92 Å². The highest BCUT2D eigenvalue weighted by atomic mass is 16.5. The molecule has 6 heteroatoms. The maximum atomic E-state index is 12.3. The summed E-state index contributed by atoms with van der Waals surface area (Å²) in [6.45, 7) is 7.04. The summed E-state index contributed by atoms with van der Waals surface area (Å²) in [5.74, 6) is -0.970. The van der Waals surface area contributed by atoms with E-state index in [1.54, 1.807) is 0 Å². The Morgan fingerprint density at radius 1 is 1.08 bits per heavy atom. The van der Waals surface area contributed by atoms with Crippen LogP contribution in [0.25, 0.3) is 0 Å². The third-order valence-corrected chi connectivity index (χ3v) is 6.19. The standard InChI is InChI=1S/C18H32N2O4/c1-4-18(5-2)14(11-15(18)24-6-3)20-17(23)19-13-9-7-12(8-10-13)16(21)22/h12-15H,4-11H2,1-3H3,(H,21,22)(H2,19,20,23). The molecule has 0 saturated heterocycles. The summed E-state index contributed by atoms with van der Waals surface area (Å²) >= 11 is 0. The number of nitrogens with one attached hydrogen (secondary N) is 2. The van der Waals surface area contributed by atoms with E-state index in [1.165, 1.54) is 0 Å². The predicted molar refractivity (Wildman–Crippen MR) is 91.9 cm³/mol. The summed E-state index contributed by atoms with van der Waals surface area (Å²) < 4.78 is 5.84. The van der Waals surface area contributed by atoms with Gasteiger partial charge in [0.1, 0.15) is 0 Å². The molecule has 138 valence electrons. The topological polar surface area (TPSA) is 87.7 Å². The van der Waals surface area contributed by atoms with Gasteiger partial charge in [0, 0.05) is 24.1 Å². The molecule has 2 aliphatic rings. The molecule has 2 amide bonds. The second-order valence-corrected chi connectivity index (χ2v) is 7.18. The highest BCUT2D eigenvalue weighted by molar-refractivity contribution is 5.75. The van der Waals surface area contributed by atoms with E-state index in [2.05, 4.69) is 24.5 Å². The van der Waals surface area contributed by atoms with Crippen molar-refractivity contribution in [2.45, 2.75) is 83.9 Å². The van der Waals surface area contributed by atoms with Gasteiger partial charge in [-0.3, -0.25) is 4.79 Å². The third-order valence-electron chi connectivity index (χ3n) is 6.19. The quantitative estimate of drug-likeness (QED) is 0.665. The van der Waals surface area contributed by atoms with Crippen LogP contribution in [0.15, 0.2) is 0 Å². The van der Waals surface area contributed by atoms with Crippen LogP contribution in [0, 0.1) is 11.3 Å². The van der Waals surface area contributed by atoms with Crippen molar-refractivity contribution in [3.05, 3.63) is 0 Å². The number of carboxylic acids is 1. The molecule has 3 N–H and O–H groups in total. The largest absolute Gasteiger partial charge is 0.481 e. The predicted octanol–water partition coefficient (Wildman–Crippen LogP) is 2.91. The van der Waals surface area contributed by atoms with Crippen LogP contribution in [0.3, 0.4) is 0 Å². The summed E-state index contributed by atoms with van der Waals surface area (Å²) in [5.41, 5.74) is 0.0360. The minimum Gasteiger partial charge on any atom is -0.481 e. The first-order valence-electron chi connectivity index (χ1n) is 9.38. The molecule has 24 heavy (non-hydrogen) atoms. The molecule has 2 aliphatic carbocycles. The van der Waals surface area contributed by atoms with Crippen LogP contribution in [0.5, 0.6) is 0 Å². The van der Waals surface area contributed by atoms with Gasteiger partial charge < -0.3 is 20.5 Å². The fourth-order valence-electron chi connectivity index (χ4n) is 4.45. The Kier molecular flexibility index (Phi) is 6.49. The molecule has 6 nitrogen and oxygen atoms in total. The van der Waals surface area contributed by atoms with E-state index < -0.39 is 5.97 Å². The van der Waals surface area contributed by atoms with E-state index >= 15 is 0 Å². The summed E-state index contributed by atoms with van der Waals surface area (Å²) in [4.78, 5) is 23.3. The number of hydrogen-bond donors (Lipinski definition) is 3. The molecular weight excluding hydrogens is 308 g/mol. The van der Waals surface area contributed by atoms with Gasteiger partial charge in [0.05, 0.1) is 12.0 Å². The van der Waals surface area contributed by atoms with Crippen molar-refractivity contribution in [3.63, 3.8) is 0 Å². The van der Waals surface area contributed by atoms with Crippen molar-refractivity contribution in [2.24, 2.45) is 11.3 Å². The van der Waals surface area contributed by atoms with Gasteiger partial charge >= 0.3 is 12.0 Å². The normalized spacial score (nSPS) is 31.8. The molecule has 0 bridgehead atoms. The zero-order valence-corrected chi connectivity index (χ0v) is 15.1. The van der Waals surface area contributed by atoms with Crippen LogP contribution in [0.1, 0.15) is 65.7 Å². The number of aliphatic carboxylic acids is 1. The average Bonchev–Trinajstić information content (AvgIpc) is 2.55. The molecule has 0 aromatic carbocycles. The molecule has 0 aromatic rings. The summed E-state index contributed by atoms with van der Waals surface area (Å²) in [6.07, 6.45) is 5.84. The second-order valence-electron chi connectivity index (χ2n) is 7.18. The molecule has 0 heterocycles. The Labute approximate surface area is 144 Å². The van der Waals surface area contributed by atoms with Gasteiger partial charge in [0.15, 0.2) is 0 Å². The lowest BCUT2D eigenvalue weighted by Gasteiger charge is -2.55. The van der Waals surface area contributed by atoms with Gasteiger partial charge in [0.25, 0.3) is 0 Å². The van der Waals surface area contributed by atoms with Crippen molar-refractivity contribution < 1.29 is 19.4 Å². The molecule has 2 atom stereocenters. The van der Waals surface area contributed by atoms with E-state index in [4.69, 9.17) is 9.84 Å². The number of carbonyl (C=O) groups is 2. The number of amides is 2. The van der Waals surface area contributed by atoms with Gasteiger partial charge in [-0.1, -0.05) is 13.8 Å².